The van der Waals surface area contributed by atoms with Gasteiger partial charge in [0.1, 0.15) is 5.82 Å². The zero-order valence-corrected chi connectivity index (χ0v) is 15.8. The number of aromatic nitrogens is 2. The molecule has 0 aliphatic rings. The highest BCUT2D eigenvalue weighted by Gasteiger charge is 2.28. The molecular weight excluding hydrogens is 371 g/mol. The first-order valence-corrected chi connectivity index (χ1v) is 9.41. The molecule has 2 aromatic carbocycles. The van der Waals surface area contributed by atoms with Crippen molar-refractivity contribution in [1.29, 1.82) is 0 Å². The van der Waals surface area contributed by atoms with E-state index in [9.17, 15) is 4.39 Å². The van der Waals surface area contributed by atoms with Gasteiger partial charge in [0, 0.05) is 41.6 Å². The summed E-state index contributed by atoms with van der Waals surface area (Å²) in [6.45, 7) is 0. The van der Waals surface area contributed by atoms with Gasteiger partial charge in [-0.2, -0.15) is 0 Å². The third-order valence-electron chi connectivity index (χ3n) is 4.90. The standard InChI is InChI=1S/C24H18ClFN2/c25-21-7-3-17(4-8-21)23(19-11-14-27-15-12-19)24(20-2-1-13-28-16-20)18-5-9-22(26)10-6-18/h1-16,23-24H. The highest BCUT2D eigenvalue weighted by molar-refractivity contribution is 6.30. The van der Waals surface area contributed by atoms with E-state index in [-0.39, 0.29) is 17.7 Å². The Balaban J connectivity index is 1.93. The van der Waals surface area contributed by atoms with Crippen LogP contribution in [0.3, 0.4) is 0 Å². The van der Waals surface area contributed by atoms with Crippen molar-refractivity contribution in [2.75, 3.05) is 0 Å². The average Bonchev–Trinajstić information content (AvgIpc) is 2.75. The Morgan fingerprint density at radius 2 is 1.18 bits per heavy atom. The molecule has 2 heterocycles. The minimum Gasteiger partial charge on any atom is -0.265 e. The van der Waals surface area contributed by atoms with Crippen LogP contribution < -0.4 is 0 Å². The number of benzene rings is 2. The Bertz CT molecular complexity index is 933. The largest absolute Gasteiger partial charge is 0.265 e. The van der Waals surface area contributed by atoms with Crippen LogP contribution in [0.5, 0.6) is 0 Å². The van der Waals surface area contributed by atoms with Crippen molar-refractivity contribution in [3.63, 3.8) is 0 Å². The molecule has 4 rings (SSSR count). The van der Waals surface area contributed by atoms with E-state index in [1.54, 1.807) is 18.6 Å². The first kappa shape index (κ1) is 18.3. The number of nitrogens with zero attached hydrogens (tertiary/aromatic N) is 2. The first-order valence-electron chi connectivity index (χ1n) is 9.03. The number of hydrogen-bond acceptors (Lipinski definition) is 2. The maximum Gasteiger partial charge on any atom is 0.123 e. The first-order chi connectivity index (χ1) is 13.7. The van der Waals surface area contributed by atoms with E-state index >= 15 is 0 Å². The van der Waals surface area contributed by atoms with E-state index in [0.29, 0.717) is 5.02 Å². The lowest BCUT2D eigenvalue weighted by atomic mass is 9.74. The fourth-order valence-electron chi connectivity index (χ4n) is 3.63. The Kier molecular flexibility index (Phi) is 5.45. The van der Waals surface area contributed by atoms with Gasteiger partial charge in [-0.25, -0.2) is 4.39 Å². The SMILES string of the molecule is Fc1ccc(C(c2cccnc2)C(c2ccncc2)c2ccc(Cl)cc2)cc1. The van der Waals surface area contributed by atoms with Crippen LogP contribution >= 0.6 is 11.6 Å². The highest BCUT2D eigenvalue weighted by atomic mass is 35.5. The van der Waals surface area contributed by atoms with E-state index < -0.39 is 0 Å². The molecule has 0 bridgehead atoms. The van der Waals surface area contributed by atoms with Crippen molar-refractivity contribution in [1.82, 2.24) is 9.97 Å². The summed E-state index contributed by atoms with van der Waals surface area (Å²) < 4.78 is 13.6. The van der Waals surface area contributed by atoms with Gasteiger partial charge in [-0.05, 0) is 64.7 Å². The van der Waals surface area contributed by atoms with Gasteiger partial charge in [-0.15, -0.1) is 0 Å². The van der Waals surface area contributed by atoms with Crippen molar-refractivity contribution in [2.45, 2.75) is 11.8 Å². The fourth-order valence-corrected chi connectivity index (χ4v) is 3.75. The topological polar surface area (TPSA) is 25.8 Å². The third-order valence-corrected chi connectivity index (χ3v) is 5.15. The zero-order chi connectivity index (χ0) is 19.3. The Labute approximate surface area is 168 Å². The predicted octanol–water partition coefficient (Wildman–Crippen LogP) is 6.23. The quantitative estimate of drug-likeness (QED) is 0.404. The molecule has 4 heteroatoms. The summed E-state index contributed by atoms with van der Waals surface area (Å²) in [5, 5.41) is 0.692. The molecule has 4 aromatic rings. The Morgan fingerprint density at radius 1 is 0.607 bits per heavy atom. The number of rotatable bonds is 5. The summed E-state index contributed by atoms with van der Waals surface area (Å²) in [6, 6.07) is 22.6. The molecule has 0 aliphatic carbocycles. The lowest BCUT2D eigenvalue weighted by molar-refractivity contribution is 0.623. The van der Waals surface area contributed by atoms with Gasteiger partial charge in [-0.1, -0.05) is 41.9 Å². The summed E-state index contributed by atoms with van der Waals surface area (Å²) in [5.41, 5.74) is 4.32. The summed E-state index contributed by atoms with van der Waals surface area (Å²) in [6.07, 6.45) is 7.22. The summed E-state index contributed by atoms with van der Waals surface area (Å²) >= 11 is 6.13. The third kappa shape index (κ3) is 3.95. The molecule has 2 atom stereocenters. The number of hydrogen-bond donors (Lipinski definition) is 0. The average molecular weight is 389 g/mol. The number of halogens is 2. The van der Waals surface area contributed by atoms with Crippen molar-refractivity contribution >= 4 is 11.6 Å². The lowest BCUT2D eigenvalue weighted by Crippen LogP contribution is -2.15. The van der Waals surface area contributed by atoms with Gasteiger partial charge < -0.3 is 0 Å². The van der Waals surface area contributed by atoms with Crippen LogP contribution in [-0.4, -0.2) is 9.97 Å². The van der Waals surface area contributed by atoms with Crippen LogP contribution in [0.15, 0.2) is 97.6 Å². The molecule has 0 saturated heterocycles. The van der Waals surface area contributed by atoms with Crippen molar-refractivity contribution in [3.8, 4) is 0 Å². The van der Waals surface area contributed by atoms with Gasteiger partial charge in [0.05, 0.1) is 0 Å². The second-order valence-corrected chi connectivity index (χ2v) is 7.06. The smallest absolute Gasteiger partial charge is 0.123 e. The maximum absolute atomic E-state index is 13.6. The minimum atomic E-state index is -0.249. The van der Waals surface area contributed by atoms with E-state index in [1.165, 1.54) is 12.1 Å². The van der Waals surface area contributed by atoms with E-state index in [4.69, 9.17) is 11.6 Å². The molecular formula is C24H18ClFN2. The normalized spacial score (nSPS) is 13.1. The molecule has 0 fully saturated rings. The van der Waals surface area contributed by atoms with Crippen LogP contribution in [-0.2, 0) is 0 Å². The lowest BCUT2D eigenvalue weighted by Gasteiger charge is -2.29. The molecule has 2 nitrogen and oxygen atoms in total. The summed E-state index contributed by atoms with van der Waals surface area (Å²) in [5.74, 6) is -0.298. The van der Waals surface area contributed by atoms with Gasteiger partial charge in [0.2, 0.25) is 0 Å². The number of pyridine rings is 2. The van der Waals surface area contributed by atoms with Gasteiger partial charge >= 0.3 is 0 Å². The highest BCUT2D eigenvalue weighted by Crippen LogP contribution is 2.42. The maximum atomic E-state index is 13.6. The van der Waals surface area contributed by atoms with Gasteiger partial charge in [-0.3, -0.25) is 9.97 Å². The molecule has 28 heavy (non-hydrogen) atoms. The van der Waals surface area contributed by atoms with Crippen molar-refractivity contribution in [2.24, 2.45) is 0 Å². The molecule has 0 N–H and O–H groups in total. The molecule has 0 saturated carbocycles. The zero-order valence-electron chi connectivity index (χ0n) is 15.0. The van der Waals surface area contributed by atoms with E-state index in [0.717, 1.165) is 22.3 Å². The van der Waals surface area contributed by atoms with Gasteiger partial charge in [0.15, 0.2) is 0 Å². The summed E-state index contributed by atoms with van der Waals surface area (Å²) in [4.78, 5) is 8.49. The van der Waals surface area contributed by atoms with Crippen LogP contribution in [0.4, 0.5) is 4.39 Å². The summed E-state index contributed by atoms with van der Waals surface area (Å²) in [7, 11) is 0. The van der Waals surface area contributed by atoms with Crippen LogP contribution in [0.25, 0.3) is 0 Å². The molecule has 0 radical (unpaired) electrons. The van der Waals surface area contributed by atoms with Crippen LogP contribution in [0.2, 0.25) is 5.02 Å². The van der Waals surface area contributed by atoms with Crippen molar-refractivity contribution in [3.05, 3.63) is 131 Å². The predicted molar refractivity (Wildman–Crippen MR) is 110 cm³/mol. The second-order valence-electron chi connectivity index (χ2n) is 6.63. The van der Waals surface area contributed by atoms with Gasteiger partial charge in [0.25, 0.3) is 0 Å². The Hall–Kier alpha value is -3.04. The molecule has 0 spiro atoms. The van der Waals surface area contributed by atoms with Crippen LogP contribution in [0, 0.1) is 5.82 Å². The minimum absolute atomic E-state index is 0.00470. The molecule has 0 amide bonds. The molecule has 2 unspecified atom stereocenters. The molecule has 138 valence electrons. The Morgan fingerprint density at radius 3 is 1.79 bits per heavy atom. The second kappa shape index (κ2) is 8.32. The monoisotopic (exact) mass is 388 g/mol. The molecule has 0 aliphatic heterocycles. The van der Waals surface area contributed by atoms with Crippen molar-refractivity contribution < 1.29 is 4.39 Å². The van der Waals surface area contributed by atoms with E-state index in [2.05, 4.69) is 16.0 Å². The fraction of sp³-hybridized carbons (Fsp3) is 0.0833. The van der Waals surface area contributed by atoms with E-state index in [1.807, 2.05) is 60.8 Å². The molecule has 2 aromatic heterocycles. The van der Waals surface area contributed by atoms with Crippen LogP contribution in [0.1, 0.15) is 34.1 Å².